The van der Waals surface area contributed by atoms with Crippen LogP contribution < -0.4 is 10.2 Å². The summed E-state index contributed by atoms with van der Waals surface area (Å²) in [5.41, 5.74) is 0.693. The minimum atomic E-state index is -0.678. The van der Waals surface area contributed by atoms with E-state index in [0.717, 1.165) is 4.90 Å². The molecule has 0 saturated heterocycles. The van der Waals surface area contributed by atoms with Gasteiger partial charge in [-0.2, -0.15) is 0 Å². The molecule has 8 heteroatoms. The highest BCUT2D eigenvalue weighted by atomic mass is 35.5. The fourth-order valence-corrected chi connectivity index (χ4v) is 2.87. The first-order valence-corrected chi connectivity index (χ1v) is 8.16. The molecule has 1 aliphatic heterocycles. The second-order valence-electron chi connectivity index (χ2n) is 4.86. The number of hydrogen-bond acceptors (Lipinski definition) is 3. The van der Waals surface area contributed by atoms with Crippen LogP contribution in [0.15, 0.2) is 53.2 Å². The van der Waals surface area contributed by atoms with E-state index in [1.807, 2.05) is 0 Å². The van der Waals surface area contributed by atoms with Gasteiger partial charge in [0.15, 0.2) is 0 Å². The van der Waals surface area contributed by atoms with Gasteiger partial charge < -0.3 is 5.32 Å². The first-order valence-electron chi connectivity index (χ1n) is 6.64. The van der Waals surface area contributed by atoms with Gasteiger partial charge >= 0.3 is 0 Å². The molecule has 0 saturated carbocycles. The Morgan fingerprint density at radius 1 is 0.792 bits per heavy atom. The Hall–Kier alpha value is -1.72. The number of carbonyl (C=O) groups excluding carboxylic acids is 2. The molecular formula is C16H8Cl4N2O2. The smallest absolute Gasteiger partial charge is 0.283 e. The predicted molar refractivity (Wildman–Crippen MR) is 96.9 cm³/mol. The minimum Gasteiger partial charge on any atom is -0.350 e. The number of imide groups is 1. The Morgan fingerprint density at radius 2 is 1.42 bits per heavy atom. The molecule has 2 aromatic rings. The van der Waals surface area contributed by atoms with E-state index in [9.17, 15) is 9.59 Å². The molecule has 0 radical (unpaired) electrons. The van der Waals surface area contributed by atoms with Crippen LogP contribution in [-0.4, -0.2) is 11.8 Å². The Morgan fingerprint density at radius 3 is 2.08 bits per heavy atom. The van der Waals surface area contributed by atoms with Gasteiger partial charge in [0, 0.05) is 15.7 Å². The second-order valence-corrected chi connectivity index (χ2v) is 6.52. The lowest BCUT2D eigenvalue weighted by molar-refractivity contribution is -0.120. The highest BCUT2D eigenvalue weighted by Crippen LogP contribution is 2.35. The number of anilines is 2. The molecule has 1 aliphatic rings. The SMILES string of the molecule is O=C1C(Cl)=C(Nc2ccc(Cl)cc2)C(=O)N1c1cc(Cl)ccc1Cl. The van der Waals surface area contributed by atoms with E-state index in [2.05, 4.69) is 5.32 Å². The van der Waals surface area contributed by atoms with Crippen molar-refractivity contribution in [3.05, 3.63) is 68.3 Å². The summed E-state index contributed by atoms with van der Waals surface area (Å²) in [5, 5.41) is 3.69. The van der Waals surface area contributed by atoms with Crippen molar-refractivity contribution in [2.75, 3.05) is 10.2 Å². The van der Waals surface area contributed by atoms with Crippen molar-refractivity contribution in [3.63, 3.8) is 0 Å². The molecule has 122 valence electrons. The van der Waals surface area contributed by atoms with Crippen LogP contribution in [0.4, 0.5) is 11.4 Å². The van der Waals surface area contributed by atoms with E-state index in [4.69, 9.17) is 46.4 Å². The molecule has 2 amide bonds. The molecule has 0 atom stereocenters. The average molecular weight is 402 g/mol. The summed E-state index contributed by atoms with van der Waals surface area (Å²) in [4.78, 5) is 25.9. The molecule has 0 aromatic heterocycles. The molecule has 1 heterocycles. The third-order valence-corrected chi connectivity index (χ3v) is 4.45. The normalized spacial score (nSPS) is 14.6. The van der Waals surface area contributed by atoms with E-state index >= 15 is 0 Å². The van der Waals surface area contributed by atoms with E-state index in [0.29, 0.717) is 15.7 Å². The lowest BCUT2D eigenvalue weighted by Crippen LogP contribution is -2.32. The Kier molecular flexibility index (Phi) is 4.74. The number of hydrogen-bond donors (Lipinski definition) is 1. The zero-order chi connectivity index (χ0) is 17.4. The number of halogens is 4. The largest absolute Gasteiger partial charge is 0.350 e. The predicted octanol–water partition coefficient (Wildman–Crippen LogP) is 5.08. The highest BCUT2D eigenvalue weighted by molar-refractivity contribution is 6.54. The van der Waals surface area contributed by atoms with Crippen molar-refractivity contribution < 1.29 is 9.59 Å². The third-order valence-electron chi connectivity index (χ3n) is 3.29. The van der Waals surface area contributed by atoms with Crippen molar-refractivity contribution in [2.24, 2.45) is 0 Å². The summed E-state index contributed by atoms with van der Waals surface area (Å²) in [5.74, 6) is -1.30. The zero-order valence-corrected chi connectivity index (χ0v) is 14.8. The van der Waals surface area contributed by atoms with Crippen LogP contribution in [-0.2, 0) is 9.59 Å². The molecule has 24 heavy (non-hydrogen) atoms. The minimum absolute atomic E-state index is 0.0416. The number of nitrogens with zero attached hydrogens (tertiary/aromatic N) is 1. The summed E-state index contributed by atoms with van der Waals surface area (Å²) >= 11 is 23.9. The highest BCUT2D eigenvalue weighted by Gasteiger charge is 2.39. The first kappa shape index (κ1) is 17.1. The Bertz CT molecular complexity index is 878. The standard InChI is InChI=1S/C16H8Cl4N2O2/c17-8-1-4-10(5-2-8)21-14-13(20)15(23)22(16(14)24)12-7-9(18)3-6-11(12)19/h1-7,21H. The maximum Gasteiger partial charge on any atom is 0.283 e. The van der Waals surface area contributed by atoms with Crippen LogP contribution in [0, 0.1) is 0 Å². The topological polar surface area (TPSA) is 49.4 Å². The molecule has 4 nitrogen and oxygen atoms in total. The molecule has 3 rings (SSSR count). The summed E-state index contributed by atoms with van der Waals surface area (Å²) in [7, 11) is 0. The molecule has 0 bridgehead atoms. The van der Waals surface area contributed by atoms with Crippen LogP contribution in [0.25, 0.3) is 0 Å². The van der Waals surface area contributed by atoms with Gasteiger partial charge in [-0.3, -0.25) is 9.59 Å². The molecule has 0 fully saturated rings. The molecule has 0 aliphatic carbocycles. The van der Waals surface area contributed by atoms with Crippen LogP contribution >= 0.6 is 46.4 Å². The van der Waals surface area contributed by atoms with Gasteiger partial charge in [0.05, 0.1) is 10.7 Å². The molecule has 1 N–H and O–H groups in total. The zero-order valence-electron chi connectivity index (χ0n) is 11.8. The van der Waals surface area contributed by atoms with Crippen molar-refractivity contribution >= 4 is 69.6 Å². The lowest BCUT2D eigenvalue weighted by atomic mass is 10.3. The van der Waals surface area contributed by atoms with Gasteiger partial charge in [-0.1, -0.05) is 46.4 Å². The molecule has 0 spiro atoms. The van der Waals surface area contributed by atoms with E-state index in [-0.39, 0.29) is 21.4 Å². The van der Waals surface area contributed by atoms with Crippen molar-refractivity contribution in [1.29, 1.82) is 0 Å². The average Bonchev–Trinajstić information content (AvgIpc) is 2.76. The summed E-state index contributed by atoms with van der Waals surface area (Å²) < 4.78 is 0. The van der Waals surface area contributed by atoms with Crippen molar-refractivity contribution in [2.45, 2.75) is 0 Å². The van der Waals surface area contributed by atoms with Crippen LogP contribution in [0.2, 0.25) is 15.1 Å². The maximum atomic E-state index is 12.6. The lowest BCUT2D eigenvalue weighted by Gasteiger charge is -2.16. The number of benzene rings is 2. The fourth-order valence-electron chi connectivity index (χ4n) is 2.16. The number of carbonyl (C=O) groups is 2. The Labute approximate surface area is 157 Å². The summed E-state index contributed by atoms with van der Waals surface area (Å²) in [6, 6.07) is 11.1. The third kappa shape index (κ3) is 3.10. The van der Waals surface area contributed by atoms with Gasteiger partial charge in [0.2, 0.25) is 0 Å². The summed E-state index contributed by atoms with van der Waals surface area (Å²) in [6.45, 7) is 0. The summed E-state index contributed by atoms with van der Waals surface area (Å²) in [6.07, 6.45) is 0. The van der Waals surface area contributed by atoms with Crippen LogP contribution in [0.5, 0.6) is 0 Å². The van der Waals surface area contributed by atoms with Gasteiger partial charge in [0.25, 0.3) is 11.8 Å². The monoisotopic (exact) mass is 400 g/mol. The van der Waals surface area contributed by atoms with Gasteiger partial charge in [-0.15, -0.1) is 0 Å². The number of rotatable bonds is 3. The first-order chi connectivity index (χ1) is 11.4. The molecule has 2 aromatic carbocycles. The van der Waals surface area contributed by atoms with Crippen LogP contribution in [0.1, 0.15) is 0 Å². The molecular weight excluding hydrogens is 394 g/mol. The van der Waals surface area contributed by atoms with Gasteiger partial charge in [0.1, 0.15) is 10.7 Å². The Balaban J connectivity index is 1.95. The van der Waals surface area contributed by atoms with E-state index in [1.54, 1.807) is 30.3 Å². The number of nitrogens with one attached hydrogen (secondary N) is 1. The fraction of sp³-hybridized carbons (Fsp3) is 0. The van der Waals surface area contributed by atoms with E-state index < -0.39 is 11.8 Å². The van der Waals surface area contributed by atoms with Crippen molar-refractivity contribution in [3.8, 4) is 0 Å². The molecule has 0 unspecified atom stereocenters. The van der Waals surface area contributed by atoms with Gasteiger partial charge in [-0.25, -0.2) is 4.90 Å². The van der Waals surface area contributed by atoms with Gasteiger partial charge in [-0.05, 0) is 42.5 Å². The van der Waals surface area contributed by atoms with Crippen molar-refractivity contribution in [1.82, 2.24) is 0 Å². The quantitative estimate of drug-likeness (QED) is 0.729. The van der Waals surface area contributed by atoms with E-state index in [1.165, 1.54) is 12.1 Å². The maximum absolute atomic E-state index is 12.6. The van der Waals surface area contributed by atoms with Crippen LogP contribution in [0.3, 0.4) is 0 Å². The number of amides is 2. The second kappa shape index (κ2) is 6.65.